The topological polar surface area (TPSA) is 74.8 Å². The van der Waals surface area contributed by atoms with Crippen molar-refractivity contribution in [3.63, 3.8) is 0 Å². The van der Waals surface area contributed by atoms with Gasteiger partial charge in [-0.25, -0.2) is 4.39 Å². The lowest BCUT2D eigenvalue weighted by molar-refractivity contribution is 0.632. The van der Waals surface area contributed by atoms with E-state index in [1.54, 1.807) is 12.2 Å². The van der Waals surface area contributed by atoms with E-state index in [2.05, 4.69) is 10.0 Å². The van der Waals surface area contributed by atoms with Gasteiger partial charge >= 0.3 is 0 Å². The molecule has 0 unspecified atom stereocenters. The highest BCUT2D eigenvalue weighted by Gasteiger charge is 2.03. The maximum atomic E-state index is 13.1. The van der Waals surface area contributed by atoms with Crippen LogP contribution in [0.3, 0.4) is 0 Å². The van der Waals surface area contributed by atoms with Gasteiger partial charge in [-0.15, -0.1) is 0 Å². The number of nitrogens with zero attached hydrogens (tertiary/aromatic N) is 3. The van der Waals surface area contributed by atoms with Gasteiger partial charge in [-0.05, 0) is 17.7 Å². The molecule has 0 aliphatic heterocycles. The zero-order valence-electron chi connectivity index (χ0n) is 7.69. The molecule has 0 aliphatic carbocycles. The molecule has 15 heavy (non-hydrogen) atoms. The number of benzene rings is 1. The van der Waals surface area contributed by atoms with E-state index in [-0.39, 0.29) is 17.3 Å². The van der Waals surface area contributed by atoms with E-state index in [1.807, 2.05) is 0 Å². The largest absolute Gasteiger partial charge is 0.396 e. The predicted molar refractivity (Wildman–Crippen MR) is 58.9 cm³/mol. The Kier molecular flexibility index (Phi) is 3.97. The lowest BCUT2D eigenvalue weighted by Crippen LogP contribution is -1.94. The van der Waals surface area contributed by atoms with Gasteiger partial charge in [0.15, 0.2) is 0 Å². The zero-order chi connectivity index (χ0) is 11.3. The van der Waals surface area contributed by atoms with Crippen molar-refractivity contribution in [2.45, 2.75) is 0 Å². The van der Waals surface area contributed by atoms with Gasteiger partial charge in [0.2, 0.25) is 0 Å². The summed E-state index contributed by atoms with van der Waals surface area (Å²) in [7, 11) is 0. The Morgan fingerprint density at radius 2 is 2.33 bits per heavy atom. The van der Waals surface area contributed by atoms with Crippen LogP contribution < -0.4 is 5.73 Å². The van der Waals surface area contributed by atoms with Gasteiger partial charge in [-0.1, -0.05) is 28.9 Å². The summed E-state index contributed by atoms with van der Waals surface area (Å²) >= 11 is 5.65. The van der Waals surface area contributed by atoms with Crippen molar-refractivity contribution in [2.75, 3.05) is 12.3 Å². The molecular weight excluding hydrogens is 219 g/mol. The van der Waals surface area contributed by atoms with Crippen LogP contribution in [0.2, 0.25) is 5.02 Å². The Morgan fingerprint density at radius 3 is 3.00 bits per heavy atom. The van der Waals surface area contributed by atoms with Crippen LogP contribution >= 0.6 is 11.6 Å². The standard InChI is InChI=1S/C9H8ClFN4/c10-7-4-6(2-1-3-14-15-13)9(12)8(11)5-7/h1-2,4-5H,3,12H2. The molecule has 0 aliphatic rings. The number of nitrogens with two attached hydrogens (primary N) is 1. The molecule has 6 heteroatoms. The lowest BCUT2D eigenvalue weighted by atomic mass is 10.1. The molecule has 78 valence electrons. The van der Waals surface area contributed by atoms with Crippen LogP contribution in [0, 0.1) is 5.82 Å². The number of rotatable bonds is 3. The molecule has 0 radical (unpaired) electrons. The average molecular weight is 227 g/mol. The van der Waals surface area contributed by atoms with E-state index in [4.69, 9.17) is 22.9 Å². The molecule has 1 aromatic carbocycles. The van der Waals surface area contributed by atoms with Crippen molar-refractivity contribution in [1.29, 1.82) is 0 Å². The Morgan fingerprint density at radius 1 is 1.60 bits per heavy atom. The third-order valence-corrected chi connectivity index (χ3v) is 1.89. The Labute approximate surface area is 90.8 Å². The lowest BCUT2D eigenvalue weighted by Gasteiger charge is -2.02. The van der Waals surface area contributed by atoms with Gasteiger partial charge in [-0.3, -0.25) is 0 Å². The second-order valence-electron chi connectivity index (χ2n) is 2.71. The summed E-state index contributed by atoms with van der Waals surface area (Å²) in [5, 5.41) is 3.56. The van der Waals surface area contributed by atoms with Gasteiger partial charge < -0.3 is 5.73 Å². The molecule has 0 bridgehead atoms. The Bertz CT molecular complexity index is 438. The molecule has 0 saturated carbocycles. The van der Waals surface area contributed by atoms with E-state index < -0.39 is 5.82 Å². The molecule has 4 nitrogen and oxygen atoms in total. The average Bonchev–Trinajstić information content (AvgIpc) is 2.19. The first-order chi connectivity index (χ1) is 7.15. The van der Waals surface area contributed by atoms with Crippen LogP contribution in [0.1, 0.15) is 5.56 Å². The second-order valence-corrected chi connectivity index (χ2v) is 3.14. The molecule has 0 heterocycles. The predicted octanol–water partition coefficient (Wildman–Crippen LogP) is 3.38. The molecule has 0 amide bonds. The number of nitrogen functional groups attached to an aromatic ring is 1. The maximum Gasteiger partial charge on any atom is 0.148 e. The molecule has 0 spiro atoms. The van der Waals surface area contributed by atoms with E-state index in [1.165, 1.54) is 6.07 Å². The Balaban J connectivity index is 2.94. The molecule has 1 rings (SSSR count). The number of hydrogen-bond acceptors (Lipinski definition) is 2. The van der Waals surface area contributed by atoms with E-state index in [0.717, 1.165) is 6.07 Å². The first kappa shape index (κ1) is 11.4. The minimum Gasteiger partial charge on any atom is -0.396 e. The third-order valence-electron chi connectivity index (χ3n) is 1.67. The highest BCUT2D eigenvalue weighted by Crippen LogP contribution is 2.23. The molecule has 2 N–H and O–H groups in total. The summed E-state index contributed by atoms with van der Waals surface area (Å²) in [5.74, 6) is -0.564. The van der Waals surface area contributed by atoms with Crippen LogP contribution in [-0.4, -0.2) is 6.54 Å². The summed E-state index contributed by atoms with van der Waals surface area (Å²) in [6, 6.07) is 2.67. The Hall–Kier alpha value is -1.71. The van der Waals surface area contributed by atoms with E-state index >= 15 is 0 Å². The second kappa shape index (κ2) is 5.24. The van der Waals surface area contributed by atoms with Crippen LogP contribution in [0.15, 0.2) is 23.3 Å². The summed E-state index contributed by atoms with van der Waals surface area (Å²) < 4.78 is 13.1. The number of hydrogen-bond donors (Lipinski definition) is 1. The fourth-order valence-corrected chi connectivity index (χ4v) is 1.22. The minimum absolute atomic E-state index is 0.0246. The van der Waals surface area contributed by atoms with Gasteiger partial charge in [0, 0.05) is 22.0 Å². The fraction of sp³-hybridized carbons (Fsp3) is 0.111. The van der Waals surface area contributed by atoms with Gasteiger partial charge in [0.25, 0.3) is 0 Å². The number of halogens is 2. The third kappa shape index (κ3) is 3.16. The summed E-state index contributed by atoms with van der Waals surface area (Å²) in [5.41, 5.74) is 14.0. The number of azide groups is 1. The highest BCUT2D eigenvalue weighted by atomic mass is 35.5. The SMILES string of the molecule is [N-]=[N+]=NCC=Cc1cc(Cl)cc(F)c1N. The summed E-state index contributed by atoms with van der Waals surface area (Å²) in [6.07, 6.45) is 3.13. The van der Waals surface area contributed by atoms with Crippen molar-refractivity contribution in [2.24, 2.45) is 5.11 Å². The number of anilines is 1. The molecule has 0 saturated heterocycles. The maximum absolute atomic E-state index is 13.1. The quantitative estimate of drug-likeness (QED) is 0.365. The van der Waals surface area contributed by atoms with Crippen LogP contribution in [0.5, 0.6) is 0 Å². The molecular formula is C9H8ClFN4. The van der Waals surface area contributed by atoms with Crippen molar-refractivity contribution < 1.29 is 4.39 Å². The van der Waals surface area contributed by atoms with Crippen molar-refractivity contribution in [1.82, 2.24) is 0 Å². The molecule has 1 aromatic rings. The van der Waals surface area contributed by atoms with Crippen molar-refractivity contribution in [3.05, 3.63) is 45.1 Å². The first-order valence-corrected chi connectivity index (χ1v) is 4.45. The smallest absolute Gasteiger partial charge is 0.148 e. The van der Waals surface area contributed by atoms with Gasteiger partial charge in [0.05, 0.1) is 5.69 Å². The van der Waals surface area contributed by atoms with Gasteiger partial charge in [-0.2, -0.15) is 0 Å². The molecule has 0 fully saturated rings. The van der Waals surface area contributed by atoms with Crippen molar-refractivity contribution in [3.8, 4) is 0 Å². The van der Waals surface area contributed by atoms with Crippen LogP contribution in [-0.2, 0) is 0 Å². The molecule has 0 aromatic heterocycles. The van der Waals surface area contributed by atoms with E-state index in [0.29, 0.717) is 5.56 Å². The summed E-state index contributed by atoms with van der Waals surface area (Å²) in [4.78, 5) is 2.57. The monoisotopic (exact) mass is 226 g/mol. The molecule has 0 atom stereocenters. The van der Waals surface area contributed by atoms with Gasteiger partial charge in [0.1, 0.15) is 5.82 Å². The van der Waals surface area contributed by atoms with E-state index in [9.17, 15) is 4.39 Å². The first-order valence-electron chi connectivity index (χ1n) is 4.07. The van der Waals surface area contributed by atoms with Crippen molar-refractivity contribution >= 4 is 23.4 Å². The highest BCUT2D eigenvalue weighted by molar-refractivity contribution is 6.30. The minimum atomic E-state index is -0.564. The zero-order valence-corrected chi connectivity index (χ0v) is 8.45. The summed E-state index contributed by atoms with van der Waals surface area (Å²) in [6.45, 7) is 0.185. The normalized spacial score (nSPS) is 10.3. The fourth-order valence-electron chi connectivity index (χ4n) is 1.01. The van der Waals surface area contributed by atoms with Crippen LogP contribution in [0.25, 0.3) is 16.5 Å². The van der Waals surface area contributed by atoms with Crippen LogP contribution in [0.4, 0.5) is 10.1 Å².